The highest BCUT2D eigenvalue weighted by Crippen LogP contribution is 2.41. The van der Waals surface area contributed by atoms with E-state index in [2.05, 4.69) is 5.16 Å². The molecule has 0 aromatic rings. The van der Waals surface area contributed by atoms with Crippen molar-refractivity contribution < 1.29 is 64.0 Å². The molecule has 0 aromatic heterocycles. The quantitative estimate of drug-likeness (QED) is 0.113. The van der Waals surface area contributed by atoms with Crippen LogP contribution in [0.1, 0.15) is 94.9 Å². The van der Waals surface area contributed by atoms with E-state index in [-0.39, 0.29) is 37.1 Å². The first-order chi connectivity index (χ1) is 24.0. The number of esters is 1. The van der Waals surface area contributed by atoms with Gasteiger partial charge in [-0.3, -0.25) is 4.79 Å². The highest BCUT2D eigenvalue weighted by molar-refractivity contribution is 5.89. The normalized spacial score (nSPS) is 46.9. The summed E-state index contributed by atoms with van der Waals surface area (Å²) < 4.78 is 37.3. The van der Waals surface area contributed by atoms with E-state index >= 15 is 0 Å². The van der Waals surface area contributed by atoms with Gasteiger partial charge in [0, 0.05) is 37.3 Å². The number of ether oxygens (including phenoxy) is 6. The minimum Gasteiger partial charge on any atom is -0.458 e. The van der Waals surface area contributed by atoms with Gasteiger partial charge in [0.1, 0.15) is 23.9 Å². The number of hydrogen-bond donors (Lipinski definition) is 6. The van der Waals surface area contributed by atoms with Crippen LogP contribution in [0.4, 0.5) is 0 Å². The molecule has 0 aliphatic carbocycles. The molecule has 0 aromatic carbocycles. The minimum atomic E-state index is -1.97. The Balaban J connectivity index is 2.20. The third-order valence-electron chi connectivity index (χ3n) is 12.0. The number of methoxy groups -OCH3 is 1. The maximum absolute atomic E-state index is 14.3. The highest BCUT2D eigenvalue weighted by atomic mass is 16.7. The van der Waals surface area contributed by atoms with Gasteiger partial charge in [0.25, 0.3) is 0 Å². The van der Waals surface area contributed by atoms with Crippen LogP contribution in [-0.2, 0) is 33.2 Å². The van der Waals surface area contributed by atoms with Gasteiger partial charge < -0.3 is 64.1 Å². The van der Waals surface area contributed by atoms with Crippen LogP contribution in [0.25, 0.3) is 0 Å². The van der Waals surface area contributed by atoms with Gasteiger partial charge in [0.05, 0.1) is 53.4 Å². The van der Waals surface area contributed by atoms with Crippen molar-refractivity contribution in [1.29, 1.82) is 0 Å². The smallest absolute Gasteiger partial charge is 0.311 e. The van der Waals surface area contributed by atoms with E-state index in [0.717, 1.165) is 0 Å². The van der Waals surface area contributed by atoms with Crippen molar-refractivity contribution >= 4 is 11.7 Å². The highest BCUT2D eigenvalue weighted by Gasteiger charge is 2.54. The SMILES string of the molecule is CC[C@@H](O)[C@@](C)(O)[C@@H]1OC(=O)[C@H](C)[C@@H](O[C@H]2C[C@@](C)(OC)[C@@H](O)[C@H](C)O2)[C@H](C)[C@@H](O[C@@H]2O[C@H](C)C[C@H](N(C)C)[C@H]2O)[C@](C)(O)C[C@@H](C)/C(=N\O)[C@@H]1C. The van der Waals surface area contributed by atoms with Crippen molar-refractivity contribution in [2.45, 2.75) is 179 Å². The molecule has 15 heteroatoms. The summed E-state index contributed by atoms with van der Waals surface area (Å²) in [6.07, 6.45) is -9.37. The first-order valence-electron chi connectivity index (χ1n) is 18.7. The van der Waals surface area contributed by atoms with Crippen LogP contribution in [0.3, 0.4) is 0 Å². The molecule has 3 aliphatic heterocycles. The van der Waals surface area contributed by atoms with Gasteiger partial charge in [0.2, 0.25) is 0 Å². The van der Waals surface area contributed by atoms with Gasteiger partial charge in [0.15, 0.2) is 12.6 Å². The van der Waals surface area contributed by atoms with Crippen molar-refractivity contribution in [2.24, 2.45) is 28.8 Å². The number of cyclic esters (lactones) is 1. The third-order valence-corrected chi connectivity index (χ3v) is 12.0. The molecular weight excluding hydrogens is 680 g/mol. The zero-order chi connectivity index (χ0) is 39.7. The van der Waals surface area contributed by atoms with Gasteiger partial charge in [-0.1, -0.05) is 32.9 Å². The average Bonchev–Trinajstić information content (AvgIpc) is 3.06. The van der Waals surface area contributed by atoms with Gasteiger partial charge in [-0.2, -0.15) is 0 Å². The van der Waals surface area contributed by atoms with Crippen LogP contribution < -0.4 is 0 Å². The topological polar surface area (TPSA) is 209 Å². The van der Waals surface area contributed by atoms with Crippen LogP contribution in [0, 0.1) is 23.7 Å². The molecule has 6 N–H and O–H groups in total. The Bertz CT molecular complexity index is 1200. The first kappa shape index (κ1) is 44.9. The fourth-order valence-corrected chi connectivity index (χ4v) is 8.61. The lowest BCUT2D eigenvalue weighted by molar-refractivity contribution is -0.318. The maximum Gasteiger partial charge on any atom is 0.311 e. The van der Waals surface area contributed by atoms with Gasteiger partial charge in [-0.25, -0.2) is 0 Å². The van der Waals surface area contributed by atoms with E-state index in [0.29, 0.717) is 6.42 Å². The van der Waals surface area contributed by atoms with Crippen LogP contribution >= 0.6 is 0 Å². The Hall–Kier alpha value is -1.50. The van der Waals surface area contributed by atoms with Crippen molar-refractivity contribution in [3.05, 3.63) is 0 Å². The number of nitrogens with zero attached hydrogens (tertiary/aromatic N) is 2. The van der Waals surface area contributed by atoms with Crippen molar-refractivity contribution in [3.8, 4) is 0 Å². The molecule has 304 valence electrons. The lowest BCUT2D eigenvalue weighted by atomic mass is 9.73. The second-order valence-electron chi connectivity index (χ2n) is 16.6. The second-order valence-corrected chi connectivity index (χ2v) is 16.6. The predicted octanol–water partition coefficient (Wildman–Crippen LogP) is 2.05. The fourth-order valence-electron chi connectivity index (χ4n) is 8.61. The Labute approximate surface area is 309 Å². The molecule has 0 saturated carbocycles. The number of carbonyl (C=O) groups is 1. The molecule has 15 nitrogen and oxygen atoms in total. The Morgan fingerprint density at radius 1 is 1.04 bits per heavy atom. The van der Waals surface area contributed by atoms with E-state index in [9.17, 15) is 35.5 Å². The predicted molar refractivity (Wildman–Crippen MR) is 190 cm³/mol. The zero-order valence-electron chi connectivity index (χ0n) is 33.4. The molecule has 0 unspecified atom stereocenters. The molecule has 0 amide bonds. The number of hydrogen-bond acceptors (Lipinski definition) is 15. The summed E-state index contributed by atoms with van der Waals surface area (Å²) in [5.41, 5.74) is -4.61. The molecular formula is C37H68N2O13. The monoisotopic (exact) mass is 748 g/mol. The van der Waals surface area contributed by atoms with Crippen LogP contribution in [-0.4, -0.2) is 153 Å². The first-order valence-corrected chi connectivity index (χ1v) is 18.7. The molecule has 3 fully saturated rings. The van der Waals surface area contributed by atoms with Gasteiger partial charge >= 0.3 is 5.97 Å². The number of aliphatic hydroxyl groups excluding tert-OH is 3. The van der Waals surface area contributed by atoms with Crippen molar-refractivity contribution in [3.63, 3.8) is 0 Å². The molecule has 0 bridgehead atoms. The lowest BCUT2D eigenvalue weighted by Crippen LogP contribution is -2.61. The Morgan fingerprint density at radius 2 is 1.65 bits per heavy atom. The second kappa shape index (κ2) is 17.5. The molecule has 0 spiro atoms. The molecule has 0 radical (unpaired) electrons. The largest absolute Gasteiger partial charge is 0.458 e. The molecule has 3 aliphatic rings. The summed E-state index contributed by atoms with van der Waals surface area (Å²) in [6.45, 7) is 16.6. The molecule has 3 heterocycles. The number of oxime groups is 1. The average molecular weight is 749 g/mol. The fraction of sp³-hybridized carbons (Fsp3) is 0.946. The Kier molecular flexibility index (Phi) is 15.1. The van der Waals surface area contributed by atoms with Gasteiger partial charge in [-0.15, -0.1) is 0 Å². The summed E-state index contributed by atoms with van der Waals surface area (Å²) >= 11 is 0. The summed E-state index contributed by atoms with van der Waals surface area (Å²) in [5.74, 6) is -4.32. The number of rotatable bonds is 9. The molecule has 3 rings (SSSR count). The van der Waals surface area contributed by atoms with Crippen molar-refractivity contribution in [1.82, 2.24) is 4.90 Å². The van der Waals surface area contributed by atoms with E-state index in [1.54, 1.807) is 55.4 Å². The summed E-state index contributed by atoms with van der Waals surface area (Å²) in [5, 5.41) is 71.3. The summed E-state index contributed by atoms with van der Waals surface area (Å²) in [4.78, 5) is 16.2. The maximum atomic E-state index is 14.3. The summed E-state index contributed by atoms with van der Waals surface area (Å²) in [7, 11) is 5.19. The van der Waals surface area contributed by atoms with Crippen LogP contribution in [0.5, 0.6) is 0 Å². The van der Waals surface area contributed by atoms with E-state index < -0.39 is 102 Å². The number of carbonyl (C=O) groups excluding carboxylic acids is 1. The minimum absolute atomic E-state index is 0.0354. The van der Waals surface area contributed by atoms with Crippen molar-refractivity contribution in [2.75, 3.05) is 21.2 Å². The molecule has 52 heavy (non-hydrogen) atoms. The molecule has 3 saturated heterocycles. The summed E-state index contributed by atoms with van der Waals surface area (Å²) in [6, 6.07) is -0.312. The molecule has 18 atom stereocenters. The van der Waals surface area contributed by atoms with Gasteiger partial charge in [-0.05, 0) is 74.9 Å². The van der Waals surface area contributed by atoms with Crippen LogP contribution in [0.2, 0.25) is 0 Å². The number of likely N-dealkylation sites (N-methyl/N-ethyl adjacent to an activating group) is 1. The number of aliphatic hydroxyl groups is 5. The van der Waals surface area contributed by atoms with E-state index in [1.807, 2.05) is 25.9 Å². The zero-order valence-corrected chi connectivity index (χ0v) is 33.4. The standard InChI is InChI=1S/C37H68N2O13/c1-14-25(40)37(10,45)32-20(4)27(38-46)18(2)16-35(8,44)31(52-34-28(41)24(39(11)12)15-19(3)48-34)21(5)29(22(6)33(43)51-32)50-26-17-36(9,47-13)30(42)23(7)49-26/h18-26,28-32,34,40-42,44-46H,14-17H2,1-13H3/b38-27+/t18-,19-,20+,21+,22-,23+,24+,25-,26+,28-,29+,30+,31-,32-,34+,35-,36-,37-/m1/s1. The lowest BCUT2D eigenvalue weighted by Gasteiger charge is -2.49. The van der Waals surface area contributed by atoms with E-state index in [4.69, 9.17) is 28.4 Å². The third kappa shape index (κ3) is 9.47. The van der Waals surface area contributed by atoms with Crippen LogP contribution in [0.15, 0.2) is 5.16 Å². The Morgan fingerprint density at radius 3 is 2.19 bits per heavy atom. The van der Waals surface area contributed by atoms with E-state index in [1.165, 1.54) is 14.0 Å².